The van der Waals surface area contributed by atoms with E-state index in [1.54, 1.807) is 0 Å². The zero-order valence-electron chi connectivity index (χ0n) is 10.7. The molecule has 1 aromatic rings. The molecule has 0 radical (unpaired) electrons. The summed E-state index contributed by atoms with van der Waals surface area (Å²) in [6, 6.07) is 0. The first-order valence-corrected chi connectivity index (χ1v) is 7.02. The highest BCUT2D eigenvalue weighted by atomic mass is 35.5. The van der Waals surface area contributed by atoms with Crippen LogP contribution in [0.5, 0.6) is 0 Å². The lowest BCUT2D eigenvalue weighted by Gasteiger charge is -2.08. The van der Waals surface area contributed by atoms with Crippen molar-refractivity contribution in [2.75, 3.05) is 0 Å². The second-order valence-electron chi connectivity index (χ2n) is 5.02. The van der Waals surface area contributed by atoms with E-state index in [9.17, 15) is 9.59 Å². The molecule has 1 N–H and O–H groups in total. The summed E-state index contributed by atoms with van der Waals surface area (Å²) in [5.74, 6) is 0.821. The molecule has 0 unspecified atom stereocenters. The van der Waals surface area contributed by atoms with Gasteiger partial charge < -0.3 is 0 Å². The van der Waals surface area contributed by atoms with Crippen molar-refractivity contribution >= 4 is 11.6 Å². The molecule has 2 rings (SSSR count). The maximum Gasteiger partial charge on any atom is 0.329 e. The van der Waals surface area contributed by atoms with Crippen LogP contribution >= 0.6 is 11.6 Å². The molecule has 1 aromatic heterocycles. The van der Waals surface area contributed by atoms with Gasteiger partial charge in [-0.05, 0) is 25.2 Å². The van der Waals surface area contributed by atoms with Gasteiger partial charge in [-0.25, -0.2) is 4.79 Å². The van der Waals surface area contributed by atoms with E-state index in [2.05, 4.69) is 4.98 Å². The first-order valence-electron chi connectivity index (χ1n) is 6.65. The topological polar surface area (TPSA) is 54.9 Å². The molecule has 0 saturated heterocycles. The van der Waals surface area contributed by atoms with Gasteiger partial charge in [0.1, 0.15) is 5.15 Å². The minimum Gasteiger partial charge on any atom is -0.297 e. The van der Waals surface area contributed by atoms with Gasteiger partial charge in [-0.15, -0.1) is 0 Å². The average Bonchev–Trinajstić information content (AvgIpc) is 3.12. The molecule has 1 aliphatic carbocycles. The van der Waals surface area contributed by atoms with Crippen LogP contribution in [-0.4, -0.2) is 9.55 Å². The Morgan fingerprint density at radius 3 is 2.72 bits per heavy atom. The molecule has 5 heteroatoms. The Morgan fingerprint density at radius 2 is 2.11 bits per heavy atom. The van der Waals surface area contributed by atoms with Crippen molar-refractivity contribution in [3.63, 3.8) is 0 Å². The van der Waals surface area contributed by atoms with Gasteiger partial charge in [0.15, 0.2) is 0 Å². The van der Waals surface area contributed by atoms with E-state index in [0.29, 0.717) is 18.5 Å². The van der Waals surface area contributed by atoms with Crippen LogP contribution in [0.15, 0.2) is 9.59 Å². The quantitative estimate of drug-likeness (QED) is 0.807. The molecule has 0 aromatic carbocycles. The zero-order valence-corrected chi connectivity index (χ0v) is 11.4. The van der Waals surface area contributed by atoms with Gasteiger partial charge in [-0.3, -0.25) is 14.3 Å². The summed E-state index contributed by atoms with van der Waals surface area (Å²) >= 11 is 5.91. The number of nitrogens with one attached hydrogen (secondary N) is 1. The van der Waals surface area contributed by atoms with Crippen LogP contribution in [0.25, 0.3) is 0 Å². The molecule has 100 valence electrons. The van der Waals surface area contributed by atoms with Gasteiger partial charge in [-0.2, -0.15) is 0 Å². The lowest BCUT2D eigenvalue weighted by atomic mass is 10.2. The largest absolute Gasteiger partial charge is 0.329 e. The average molecular weight is 271 g/mol. The Balaban J connectivity index is 2.18. The molecular formula is C13H19ClN2O2. The Hall–Kier alpha value is -1.03. The lowest BCUT2D eigenvalue weighted by Crippen LogP contribution is -2.37. The van der Waals surface area contributed by atoms with Crippen LogP contribution in [0, 0.1) is 5.92 Å². The first kappa shape index (κ1) is 13.4. The number of H-pyrrole nitrogens is 1. The second kappa shape index (κ2) is 5.74. The van der Waals surface area contributed by atoms with E-state index in [0.717, 1.165) is 25.2 Å². The SMILES string of the molecule is CCCc1c(Cl)[nH]c(=O)n(CCCC2CC2)c1=O. The third-order valence-electron chi connectivity index (χ3n) is 3.42. The van der Waals surface area contributed by atoms with Crippen molar-refractivity contribution in [1.29, 1.82) is 0 Å². The minimum absolute atomic E-state index is 0.199. The van der Waals surface area contributed by atoms with Gasteiger partial charge in [0, 0.05) is 6.54 Å². The number of aromatic amines is 1. The molecule has 4 nitrogen and oxygen atoms in total. The zero-order chi connectivity index (χ0) is 13.1. The fourth-order valence-electron chi connectivity index (χ4n) is 2.20. The Labute approximate surface area is 111 Å². The fraction of sp³-hybridized carbons (Fsp3) is 0.692. The van der Waals surface area contributed by atoms with Crippen LogP contribution in [0.2, 0.25) is 5.15 Å². The number of halogens is 1. The third kappa shape index (κ3) is 3.05. The third-order valence-corrected chi connectivity index (χ3v) is 3.74. The fourth-order valence-corrected chi connectivity index (χ4v) is 2.46. The molecule has 1 heterocycles. The van der Waals surface area contributed by atoms with E-state index in [-0.39, 0.29) is 16.4 Å². The molecule has 18 heavy (non-hydrogen) atoms. The maximum atomic E-state index is 12.2. The summed E-state index contributed by atoms with van der Waals surface area (Å²) in [7, 11) is 0. The van der Waals surface area contributed by atoms with Crippen LogP contribution in [-0.2, 0) is 13.0 Å². The summed E-state index contributed by atoms with van der Waals surface area (Å²) in [6.45, 7) is 2.48. The molecule has 1 fully saturated rings. The van der Waals surface area contributed by atoms with Gasteiger partial charge >= 0.3 is 5.69 Å². The van der Waals surface area contributed by atoms with E-state index < -0.39 is 0 Å². The summed E-state index contributed by atoms with van der Waals surface area (Å²) in [5.41, 5.74) is -0.0766. The molecule has 0 amide bonds. The molecule has 0 atom stereocenters. The second-order valence-corrected chi connectivity index (χ2v) is 5.39. The molecule has 0 aliphatic heterocycles. The Morgan fingerprint density at radius 1 is 1.39 bits per heavy atom. The molecule has 0 bridgehead atoms. The van der Waals surface area contributed by atoms with Gasteiger partial charge in [0.05, 0.1) is 5.56 Å². The Kier molecular flexibility index (Phi) is 4.27. The van der Waals surface area contributed by atoms with Crippen molar-refractivity contribution in [2.24, 2.45) is 5.92 Å². The monoisotopic (exact) mass is 270 g/mol. The number of rotatable bonds is 6. The number of aromatic nitrogens is 2. The smallest absolute Gasteiger partial charge is 0.297 e. The van der Waals surface area contributed by atoms with Crippen LogP contribution in [0.3, 0.4) is 0 Å². The van der Waals surface area contributed by atoms with Crippen molar-refractivity contribution < 1.29 is 0 Å². The van der Waals surface area contributed by atoms with Crippen LogP contribution < -0.4 is 11.2 Å². The molecule has 1 saturated carbocycles. The van der Waals surface area contributed by atoms with Gasteiger partial charge in [0.2, 0.25) is 0 Å². The van der Waals surface area contributed by atoms with Crippen molar-refractivity contribution in [1.82, 2.24) is 9.55 Å². The molecular weight excluding hydrogens is 252 g/mol. The van der Waals surface area contributed by atoms with E-state index in [1.807, 2.05) is 6.92 Å². The number of hydrogen-bond acceptors (Lipinski definition) is 2. The summed E-state index contributed by atoms with van der Waals surface area (Å²) in [6.07, 6.45) is 6.04. The summed E-state index contributed by atoms with van der Waals surface area (Å²) in [5, 5.41) is 0.199. The van der Waals surface area contributed by atoms with Gasteiger partial charge in [0.25, 0.3) is 5.56 Å². The van der Waals surface area contributed by atoms with Crippen molar-refractivity contribution in [3.05, 3.63) is 31.6 Å². The minimum atomic E-state index is -0.388. The predicted molar refractivity (Wildman–Crippen MR) is 72.3 cm³/mol. The standard InChI is InChI=1S/C13H19ClN2O2/c1-2-4-10-11(14)15-13(18)16(12(10)17)8-3-5-9-6-7-9/h9H,2-8H2,1H3,(H,15,18). The van der Waals surface area contributed by atoms with Crippen molar-refractivity contribution in [3.8, 4) is 0 Å². The highest BCUT2D eigenvalue weighted by molar-refractivity contribution is 6.30. The van der Waals surface area contributed by atoms with E-state index in [1.165, 1.54) is 17.4 Å². The molecule has 0 spiro atoms. The first-order chi connectivity index (χ1) is 8.63. The van der Waals surface area contributed by atoms with Crippen molar-refractivity contribution in [2.45, 2.75) is 52.0 Å². The van der Waals surface area contributed by atoms with Crippen LogP contribution in [0.1, 0.15) is 44.6 Å². The maximum absolute atomic E-state index is 12.2. The highest BCUT2D eigenvalue weighted by Gasteiger charge is 2.20. The predicted octanol–water partition coefficient (Wildman–Crippen LogP) is 2.33. The normalized spacial score (nSPS) is 15.0. The Bertz CT molecular complexity index is 529. The highest BCUT2D eigenvalue weighted by Crippen LogP contribution is 2.33. The van der Waals surface area contributed by atoms with Crippen LogP contribution in [0.4, 0.5) is 0 Å². The number of nitrogens with zero attached hydrogens (tertiary/aromatic N) is 1. The van der Waals surface area contributed by atoms with E-state index in [4.69, 9.17) is 11.6 Å². The summed E-state index contributed by atoms with van der Waals surface area (Å²) in [4.78, 5) is 26.4. The molecule has 1 aliphatic rings. The van der Waals surface area contributed by atoms with Gasteiger partial charge in [-0.1, -0.05) is 37.8 Å². The van der Waals surface area contributed by atoms with E-state index >= 15 is 0 Å². The summed E-state index contributed by atoms with van der Waals surface area (Å²) < 4.78 is 1.29. The number of hydrogen-bond donors (Lipinski definition) is 1. The lowest BCUT2D eigenvalue weighted by molar-refractivity contribution is 0.541.